The van der Waals surface area contributed by atoms with Gasteiger partial charge >= 0.3 is 0 Å². The summed E-state index contributed by atoms with van der Waals surface area (Å²) in [6, 6.07) is 6.05. The van der Waals surface area contributed by atoms with Crippen LogP contribution in [0.4, 0.5) is 0 Å². The number of nitrogens with zero attached hydrogens (tertiary/aromatic N) is 1. The van der Waals surface area contributed by atoms with Crippen LogP contribution in [0.15, 0.2) is 29.2 Å². The maximum atomic E-state index is 12.6. The van der Waals surface area contributed by atoms with Crippen LogP contribution in [-0.4, -0.2) is 51.6 Å². The Bertz CT molecular complexity index is 650. The molecule has 0 bridgehead atoms. The van der Waals surface area contributed by atoms with Gasteiger partial charge < -0.3 is 9.64 Å². The van der Waals surface area contributed by atoms with Crippen molar-refractivity contribution in [1.82, 2.24) is 9.62 Å². The van der Waals surface area contributed by atoms with Crippen molar-refractivity contribution in [2.75, 3.05) is 26.8 Å². The highest BCUT2D eigenvalue weighted by atomic mass is 32.2. The van der Waals surface area contributed by atoms with Crippen molar-refractivity contribution in [2.24, 2.45) is 0 Å². The Kier molecular flexibility index (Phi) is 3.51. The normalized spacial score (nSPS) is 20.5. The molecule has 1 spiro atoms. The van der Waals surface area contributed by atoms with E-state index < -0.39 is 10.0 Å². The van der Waals surface area contributed by atoms with Gasteiger partial charge in [-0.05, 0) is 44.2 Å². The number of carbonyl (C=O) groups excluding carboxylic acids is 1. The van der Waals surface area contributed by atoms with Crippen LogP contribution in [0.1, 0.15) is 23.2 Å². The number of morpholine rings is 1. The molecule has 1 amide bonds. The summed E-state index contributed by atoms with van der Waals surface area (Å²) in [6.07, 6.45) is 1.95. The molecule has 2 aliphatic rings. The maximum absolute atomic E-state index is 12.6. The predicted molar refractivity (Wildman–Crippen MR) is 76.5 cm³/mol. The lowest BCUT2D eigenvalue weighted by Crippen LogP contribution is -2.50. The van der Waals surface area contributed by atoms with Gasteiger partial charge in [0.25, 0.3) is 5.91 Å². The molecule has 1 aromatic carbocycles. The Labute approximate surface area is 124 Å². The molecule has 1 saturated carbocycles. The van der Waals surface area contributed by atoms with Crippen LogP contribution < -0.4 is 4.72 Å². The minimum atomic E-state index is -3.47. The summed E-state index contributed by atoms with van der Waals surface area (Å²) in [4.78, 5) is 14.6. The van der Waals surface area contributed by atoms with Crippen molar-refractivity contribution < 1.29 is 17.9 Å². The molecule has 3 rings (SSSR count). The third-order valence-electron chi connectivity index (χ3n) is 4.16. The minimum absolute atomic E-state index is 0.0517. The molecule has 0 aromatic heterocycles. The van der Waals surface area contributed by atoms with Gasteiger partial charge in [0.15, 0.2) is 0 Å². The molecule has 1 aliphatic carbocycles. The molecule has 0 atom stereocenters. The highest BCUT2D eigenvalue weighted by Crippen LogP contribution is 2.44. The van der Waals surface area contributed by atoms with Crippen molar-refractivity contribution in [3.8, 4) is 0 Å². The molecule has 6 nitrogen and oxygen atoms in total. The van der Waals surface area contributed by atoms with Gasteiger partial charge in [0.2, 0.25) is 10.0 Å². The highest BCUT2D eigenvalue weighted by molar-refractivity contribution is 7.89. The van der Waals surface area contributed by atoms with Gasteiger partial charge in [-0.15, -0.1) is 0 Å². The highest BCUT2D eigenvalue weighted by Gasteiger charge is 2.52. The lowest BCUT2D eigenvalue weighted by atomic mass is 10.1. The lowest BCUT2D eigenvalue weighted by Gasteiger charge is -2.36. The Morgan fingerprint density at radius 1 is 1.29 bits per heavy atom. The number of rotatable bonds is 3. The summed E-state index contributed by atoms with van der Waals surface area (Å²) >= 11 is 0. The van der Waals surface area contributed by atoms with Crippen LogP contribution in [0.2, 0.25) is 0 Å². The van der Waals surface area contributed by atoms with Gasteiger partial charge in [-0.2, -0.15) is 0 Å². The number of hydrogen-bond acceptors (Lipinski definition) is 4. The van der Waals surface area contributed by atoms with E-state index in [4.69, 9.17) is 4.74 Å². The largest absolute Gasteiger partial charge is 0.377 e. The molecule has 21 heavy (non-hydrogen) atoms. The molecule has 2 fully saturated rings. The summed E-state index contributed by atoms with van der Waals surface area (Å²) in [6.45, 7) is 1.75. The maximum Gasteiger partial charge on any atom is 0.254 e. The number of hydrogen-bond donors (Lipinski definition) is 1. The fraction of sp³-hybridized carbons (Fsp3) is 0.500. The van der Waals surface area contributed by atoms with Crippen molar-refractivity contribution in [2.45, 2.75) is 23.3 Å². The molecule has 1 N–H and O–H groups in total. The zero-order valence-electron chi connectivity index (χ0n) is 11.8. The smallest absolute Gasteiger partial charge is 0.254 e. The first-order valence-electron chi connectivity index (χ1n) is 6.92. The van der Waals surface area contributed by atoms with Crippen LogP contribution in [0, 0.1) is 0 Å². The van der Waals surface area contributed by atoms with Crippen LogP contribution >= 0.6 is 0 Å². The van der Waals surface area contributed by atoms with Gasteiger partial charge in [0.05, 0.1) is 23.6 Å². The third-order valence-corrected chi connectivity index (χ3v) is 5.59. The number of amides is 1. The van der Waals surface area contributed by atoms with E-state index >= 15 is 0 Å². The second kappa shape index (κ2) is 5.08. The van der Waals surface area contributed by atoms with Crippen molar-refractivity contribution in [1.29, 1.82) is 0 Å². The Balaban J connectivity index is 1.82. The van der Waals surface area contributed by atoms with E-state index in [0.717, 1.165) is 12.8 Å². The van der Waals surface area contributed by atoms with Crippen molar-refractivity contribution in [3.63, 3.8) is 0 Å². The molecule has 7 heteroatoms. The Hall–Kier alpha value is -1.44. The van der Waals surface area contributed by atoms with Crippen LogP contribution in [0.25, 0.3) is 0 Å². The first-order chi connectivity index (χ1) is 9.98. The van der Waals surface area contributed by atoms with Crippen LogP contribution in [0.5, 0.6) is 0 Å². The molecule has 1 aliphatic heterocycles. The lowest BCUT2D eigenvalue weighted by molar-refractivity contribution is -0.0117. The zero-order valence-corrected chi connectivity index (χ0v) is 12.6. The Morgan fingerprint density at radius 2 is 1.95 bits per heavy atom. The number of ether oxygens (including phenoxy) is 1. The Morgan fingerprint density at radius 3 is 2.52 bits per heavy atom. The fourth-order valence-electron chi connectivity index (χ4n) is 2.66. The number of carbonyl (C=O) groups is 1. The first kappa shape index (κ1) is 14.5. The monoisotopic (exact) mass is 310 g/mol. The molecule has 1 saturated heterocycles. The average Bonchev–Trinajstić information content (AvgIpc) is 3.27. The van der Waals surface area contributed by atoms with Gasteiger partial charge in [0, 0.05) is 12.1 Å². The summed E-state index contributed by atoms with van der Waals surface area (Å²) < 4.78 is 31.1. The van der Waals surface area contributed by atoms with Crippen molar-refractivity contribution in [3.05, 3.63) is 29.8 Å². The third kappa shape index (κ3) is 2.56. The fourth-order valence-corrected chi connectivity index (χ4v) is 3.39. The van der Waals surface area contributed by atoms with Crippen molar-refractivity contribution >= 4 is 15.9 Å². The summed E-state index contributed by atoms with van der Waals surface area (Å²) in [5, 5.41) is 0. The number of benzene rings is 1. The van der Waals surface area contributed by atoms with Gasteiger partial charge in [-0.1, -0.05) is 0 Å². The minimum Gasteiger partial charge on any atom is -0.377 e. The van der Waals surface area contributed by atoms with Gasteiger partial charge in [-0.25, -0.2) is 13.1 Å². The summed E-state index contributed by atoms with van der Waals surface area (Å²) in [5.74, 6) is -0.0517. The van der Waals surface area contributed by atoms with E-state index in [9.17, 15) is 13.2 Å². The topological polar surface area (TPSA) is 75.7 Å². The second-order valence-corrected chi connectivity index (χ2v) is 7.35. The van der Waals surface area contributed by atoms with E-state index in [-0.39, 0.29) is 16.3 Å². The van der Waals surface area contributed by atoms with Crippen LogP contribution in [-0.2, 0) is 14.8 Å². The van der Waals surface area contributed by atoms with E-state index in [0.29, 0.717) is 25.3 Å². The summed E-state index contributed by atoms with van der Waals surface area (Å²) in [7, 11) is -2.11. The first-order valence-corrected chi connectivity index (χ1v) is 8.40. The molecular weight excluding hydrogens is 292 g/mol. The molecule has 1 aromatic rings. The van der Waals surface area contributed by atoms with Gasteiger partial charge in [0.1, 0.15) is 0 Å². The van der Waals surface area contributed by atoms with E-state index in [1.165, 1.54) is 19.2 Å². The SMILES string of the molecule is CNS(=O)(=O)c1ccc(C(=O)N2CCOCC23CC3)cc1. The summed E-state index contributed by atoms with van der Waals surface area (Å²) in [5.41, 5.74) is 0.392. The average molecular weight is 310 g/mol. The molecular formula is C14H18N2O4S. The number of sulfonamides is 1. The van der Waals surface area contributed by atoms with E-state index in [2.05, 4.69) is 4.72 Å². The quantitative estimate of drug-likeness (QED) is 0.887. The zero-order chi connectivity index (χ0) is 15.1. The molecule has 0 radical (unpaired) electrons. The number of nitrogens with one attached hydrogen (secondary N) is 1. The van der Waals surface area contributed by atoms with Gasteiger partial charge in [-0.3, -0.25) is 4.79 Å². The molecule has 0 unspecified atom stereocenters. The van der Waals surface area contributed by atoms with Crippen LogP contribution in [0.3, 0.4) is 0 Å². The van der Waals surface area contributed by atoms with E-state index in [1.54, 1.807) is 12.1 Å². The molecule has 1 heterocycles. The second-order valence-electron chi connectivity index (χ2n) is 5.47. The molecule has 114 valence electrons. The predicted octanol–water partition coefficient (Wildman–Crippen LogP) is 0.600. The van der Waals surface area contributed by atoms with E-state index in [1.807, 2.05) is 4.90 Å². The standard InChI is InChI=1S/C14H18N2O4S/c1-15-21(18,19)12-4-2-11(3-5-12)13(17)16-8-9-20-10-14(16)6-7-14/h2-5,15H,6-10H2,1H3.